The van der Waals surface area contributed by atoms with Crippen molar-refractivity contribution in [2.75, 3.05) is 6.54 Å². The molecule has 0 saturated heterocycles. The predicted molar refractivity (Wildman–Crippen MR) is 57.3 cm³/mol. The maximum atomic E-state index is 13.1. The van der Waals surface area contributed by atoms with Crippen LogP contribution in [-0.4, -0.2) is 24.5 Å². The summed E-state index contributed by atoms with van der Waals surface area (Å²) < 4.78 is 48.6. The van der Waals surface area contributed by atoms with Crippen molar-refractivity contribution in [1.29, 1.82) is 0 Å². The molecule has 8 heteroatoms. The molecule has 0 saturated carbocycles. The van der Waals surface area contributed by atoms with E-state index in [0.717, 1.165) is 0 Å². The Morgan fingerprint density at radius 1 is 1.11 bits per heavy atom. The normalized spacial score (nSPS) is 10.9. The first kappa shape index (κ1) is 14.9. The lowest BCUT2D eigenvalue weighted by atomic mass is 10.2. The van der Waals surface area contributed by atoms with E-state index in [4.69, 9.17) is 0 Å². The number of alkyl halides is 3. The van der Waals surface area contributed by atoms with Crippen molar-refractivity contribution in [2.45, 2.75) is 12.7 Å². The maximum Gasteiger partial charge on any atom is 0.471 e. The Balaban J connectivity index is 2.37. The average Bonchev–Trinajstić information content (AvgIpc) is 2.33. The Bertz CT molecular complexity index is 474. The van der Waals surface area contributed by atoms with E-state index in [1.165, 1.54) is 23.5 Å². The summed E-state index contributed by atoms with van der Waals surface area (Å²) >= 11 is 0. The van der Waals surface area contributed by atoms with Crippen LogP contribution in [0.15, 0.2) is 24.3 Å². The molecule has 0 spiro atoms. The van der Waals surface area contributed by atoms with E-state index in [1.54, 1.807) is 6.07 Å². The van der Waals surface area contributed by atoms with Crippen LogP contribution in [0, 0.1) is 5.82 Å². The molecule has 0 radical (unpaired) electrons. The van der Waals surface area contributed by atoms with Crippen LogP contribution in [0.25, 0.3) is 0 Å². The van der Waals surface area contributed by atoms with Crippen LogP contribution in [0.5, 0.6) is 0 Å². The monoisotopic (exact) mass is 278 g/mol. The van der Waals surface area contributed by atoms with Crippen LogP contribution in [0.1, 0.15) is 5.56 Å². The van der Waals surface area contributed by atoms with Crippen LogP contribution in [0.4, 0.5) is 17.6 Å². The van der Waals surface area contributed by atoms with Gasteiger partial charge in [-0.2, -0.15) is 13.2 Å². The molecule has 2 amide bonds. The van der Waals surface area contributed by atoms with Gasteiger partial charge in [0.05, 0.1) is 6.54 Å². The SMILES string of the molecule is O=C(CNC(=O)C(F)(F)F)NCc1ccccc1F. The molecule has 0 aliphatic carbocycles. The minimum Gasteiger partial charge on any atom is -0.350 e. The second-order valence-corrected chi connectivity index (χ2v) is 3.55. The molecule has 19 heavy (non-hydrogen) atoms. The summed E-state index contributed by atoms with van der Waals surface area (Å²) in [5.74, 6) is -3.59. The third-order valence-electron chi connectivity index (χ3n) is 2.10. The molecule has 1 aromatic rings. The summed E-state index contributed by atoms with van der Waals surface area (Å²) in [5, 5.41) is 3.59. The molecule has 104 valence electrons. The first-order chi connectivity index (χ1) is 8.80. The van der Waals surface area contributed by atoms with Crippen molar-refractivity contribution in [3.8, 4) is 0 Å². The number of halogens is 4. The number of amides is 2. The average molecular weight is 278 g/mol. The molecule has 2 N–H and O–H groups in total. The molecule has 1 rings (SSSR count). The molecule has 0 bridgehead atoms. The van der Waals surface area contributed by atoms with Gasteiger partial charge in [0.25, 0.3) is 0 Å². The van der Waals surface area contributed by atoms with Gasteiger partial charge < -0.3 is 10.6 Å². The van der Waals surface area contributed by atoms with Crippen LogP contribution in [0.2, 0.25) is 0 Å². The van der Waals surface area contributed by atoms with Gasteiger partial charge in [-0.25, -0.2) is 4.39 Å². The Morgan fingerprint density at radius 3 is 2.32 bits per heavy atom. The number of carbonyl (C=O) groups excluding carboxylic acids is 2. The molecule has 4 nitrogen and oxygen atoms in total. The molecule has 0 aliphatic rings. The third-order valence-corrected chi connectivity index (χ3v) is 2.10. The molecule has 1 aromatic carbocycles. The highest BCUT2D eigenvalue weighted by Gasteiger charge is 2.38. The lowest BCUT2D eigenvalue weighted by Gasteiger charge is -2.09. The highest BCUT2D eigenvalue weighted by molar-refractivity contribution is 5.87. The molecule has 0 unspecified atom stereocenters. The van der Waals surface area contributed by atoms with Gasteiger partial charge in [-0.15, -0.1) is 0 Å². The fourth-order valence-corrected chi connectivity index (χ4v) is 1.16. The van der Waals surface area contributed by atoms with Gasteiger partial charge in [-0.05, 0) is 6.07 Å². The van der Waals surface area contributed by atoms with Crippen LogP contribution < -0.4 is 10.6 Å². The van der Waals surface area contributed by atoms with Crippen molar-refractivity contribution in [3.05, 3.63) is 35.6 Å². The summed E-state index contributed by atoms with van der Waals surface area (Å²) in [6.07, 6.45) is -5.04. The first-order valence-corrected chi connectivity index (χ1v) is 5.16. The molecule has 0 heterocycles. The van der Waals surface area contributed by atoms with Gasteiger partial charge in [-0.3, -0.25) is 9.59 Å². The molecule has 0 aromatic heterocycles. The fraction of sp³-hybridized carbons (Fsp3) is 0.273. The standard InChI is InChI=1S/C11H10F4N2O2/c12-8-4-2-1-3-7(8)5-16-9(18)6-17-10(19)11(13,14)15/h1-4H,5-6H2,(H,16,18)(H,17,19). The number of carbonyl (C=O) groups is 2. The quantitative estimate of drug-likeness (QED) is 0.811. The number of hydrogen-bond acceptors (Lipinski definition) is 2. The van der Waals surface area contributed by atoms with Crippen molar-refractivity contribution >= 4 is 11.8 Å². The number of benzene rings is 1. The number of hydrogen-bond donors (Lipinski definition) is 2. The van der Waals surface area contributed by atoms with E-state index in [9.17, 15) is 27.2 Å². The van der Waals surface area contributed by atoms with E-state index in [1.807, 2.05) is 0 Å². The molecular formula is C11H10F4N2O2. The summed E-state index contributed by atoms with van der Waals surface area (Å²) in [6, 6.07) is 5.62. The molecule has 0 aliphatic heterocycles. The fourth-order valence-electron chi connectivity index (χ4n) is 1.16. The molecule has 0 atom stereocenters. The van der Waals surface area contributed by atoms with Crippen molar-refractivity contribution in [2.24, 2.45) is 0 Å². The molecular weight excluding hydrogens is 268 g/mol. The lowest BCUT2D eigenvalue weighted by molar-refractivity contribution is -0.173. The zero-order valence-electron chi connectivity index (χ0n) is 9.55. The third kappa shape index (κ3) is 4.94. The van der Waals surface area contributed by atoms with Gasteiger partial charge in [0.15, 0.2) is 0 Å². The summed E-state index contributed by atoms with van der Waals surface area (Å²) in [6.45, 7) is -1.000. The lowest BCUT2D eigenvalue weighted by Crippen LogP contribution is -2.42. The van der Waals surface area contributed by atoms with Crippen LogP contribution >= 0.6 is 0 Å². The smallest absolute Gasteiger partial charge is 0.350 e. The predicted octanol–water partition coefficient (Wildman–Crippen LogP) is 1.12. The van der Waals surface area contributed by atoms with Gasteiger partial charge >= 0.3 is 12.1 Å². The van der Waals surface area contributed by atoms with E-state index in [0.29, 0.717) is 0 Å². The second kappa shape index (κ2) is 6.17. The van der Waals surface area contributed by atoms with Gasteiger partial charge in [0, 0.05) is 12.1 Å². The van der Waals surface area contributed by atoms with E-state index in [2.05, 4.69) is 5.32 Å². The van der Waals surface area contributed by atoms with Gasteiger partial charge in [0.1, 0.15) is 5.82 Å². The second-order valence-electron chi connectivity index (χ2n) is 3.55. The Morgan fingerprint density at radius 2 is 1.74 bits per heavy atom. The van der Waals surface area contributed by atoms with E-state index < -0.39 is 30.4 Å². The van der Waals surface area contributed by atoms with Gasteiger partial charge in [0.2, 0.25) is 5.91 Å². The Hall–Kier alpha value is -2.12. The summed E-state index contributed by atoms with van der Waals surface area (Å²) in [7, 11) is 0. The Kier molecular flexibility index (Phi) is 4.85. The van der Waals surface area contributed by atoms with Crippen LogP contribution in [-0.2, 0) is 16.1 Å². The topological polar surface area (TPSA) is 58.2 Å². The largest absolute Gasteiger partial charge is 0.471 e. The first-order valence-electron chi connectivity index (χ1n) is 5.16. The van der Waals surface area contributed by atoms with Crippen molar-refractivity contribution in [1.82, 2.24) is 10.6 Å². The van der Waals surface area contributed by atoms with E-state index >= 15 is 0 Å². The highest BCUT2D eigenvalue weighted by atomic mass is 19.4. The minimum absolute atomic E-state index is 0.173. The maximum absolute atomic E-state index is 13.1. The van der Waals surface area contributed by atoms with Gasteiger partial charge in [-0.1, -0.05) is 18.2 Å². The number of rotatable bonds is 4. The van der Waals surface area contributed by atoms with Crippen molar-refractivity contribution in [3.63, 3.8) is 0 Å². The highest BCUT2D eigenvalue weighted by Crippen LogP contribution is 2.13. The number of nitrogens with one attached hydrogen (secondary N) is 2. The zero-order chi connectivity index (χ0) is 14.5. The Labute approximate surface area is 105 Å². The minimum atomic E-state index is -5.04. The zero-order valence-corrected chi connectivity index (χ0v) is 9.55. The summed E-state index contributed by atoms with van der Waals surface area (Å²) in [4.78, 5) is 21.6. The van der Waals surface area contributed by atoms with Crippen LogP contribution in [0.3, 0.4) is 0 Å². The van der Waals surface area contributed by atoms with Crippen molar-refractivity contribution < 1.29 is 27.2 Å². The summed E-state index contributed by atoms with van der Waals surface area (Å²) in [5.41, 5.74) is 0.193. The van der Waals surface area contributed by atoms with E-state index in [-0.39, 0.29) is 12.1 Å². The molecule has 0 fully saturated rings.